The van der Waals surface area contributed by atoms with Crippen molar-refractivity contribution in [1.82, 2.24) is 10.2 Å². The molecule has 1 rings (SSSR count). The van der Waals surface area contributed by atoms with E-state index in [1.165, 1.54) is 12.8 Å². The third kappa shape index (κ3) is 4.93. The maximum absolute atomic E-state index is 9.42. The predicted molar refractivity (Wildman–Crippen MR) is 73.4 cm³/mol. The largest absolute Gasteiger partial charge is 0.383 e. The lowest BCUT2D eigenvalue weighted by Crippen LogP contribution is -2.53. The molecule has 0 aromatic rings. The van der Waals surface area contributed by atoms with E-state index in [0.717, 1.165) is 26.1 Å². The zero-order valence-electron chi connectivity index (χ0n) is 12.2. The number of rotatable bonds is 9. The number of nitrogens with one attached hydrogen (secondary N) is 1. The number of methoxy groups -OCH3 is 1. The first kappa shape index (κ1) is 15.4. The molecule has 0 aliphatic heterocycles. The quantitative estimate of drug-likeness (QED) is 0.680. The van der Waals surface area contributed by atoms with Crippen molar-refractivity contribution in [2.45, 2.75) is 57.7 Å². The Labute approximate surface area is 111 Å². The van der Waals surface area contributed by atoms with Crippen LogP contribution < -0.4 is 5.32 Å². The minimum atomic E-state index is -0.446. The average Bonchev–Trinajstić information content (AvgIpc) is 3.17. The Morgan fingerprint density at radius 2 is 2.22 bits per heavy atom. The van der Waals surface area contributed by atoms with Gasteiger partial charge in [0.2, 0.25) is 0 Å². The molecule has 4 nitrogen and oxygen atoms in total. The van der Waals surface area contributed by atoms with Gasteiger partial charge in [-0.3, -0.25) is 10.2 Å². The monoisotopic (exact) mass is 253 g/mol. The van der Waals surface area contributed by atoms with E-state index < -0.39 is 5.54 Å². The fourth-order valence-corrected chi connectivity index (χ4v) is 2.12. The Balaban J connectivity index is 2.57. The summed E-state index contributed by atoms with van der Waals surface area (Å²) in [7, 11) is 1.72. The summed E-state index contributed by atoms with van der Waals surface area (Å²) in [6, 6.07) is 3.47. The maximum atomic E-state index is 9.42. The van der Waals surface area contributed by atoms with Gasteiger partial charge in [0.05, 0.1) is 12.7 Å². The third-order valence-corrected chi connectivity index (χ3v) is 3.66. The summed E-state index contributed by atoms with van der Waals surface area (Å²) in [5, 5.41) is 12.9. The van der Waals surface area contributed by atoms with Gasteiger partial charge in [0, 0.05) is 32.3 Å². The molecule has 0 aromatic carbocycles. The Bertz CT molecular complexity index is 285. The van der Waals surface area contributed by atoms with Crippen LogP contribution in [0.25, 0.3) is 0 Å². The van der Waals surface area contributed by atoms with Crippen molar-refractivity contribution in [1.29, 1.82) is 5.26 Å². The highest BCUT2D eigenvalue weighted by Gasteiger charge is 2.34. The van der Waals surface area contributed by atoms with Crippen LogP contribution in [0, 0.1) is 11.3 Å². The van der Waals surface area contributed by atoms with Gasteiger partial charge in [-0.25, -0.2) is 0 Å². The zero-order chi connectivity index (χ0) is 13.6. The van der Waals surface area contributed by atoms with Crippen molar-refractivity contribution in [3.8, 4) is 6.07 Å². The summed E-state index contributed by atoms with van der Waals surface area (Å²) >= 11 is 0. The van der Waals surface area contributed by atoms with Gasteiger partial charge < -0.3 is 4.74 Å². The van der Waals surface area contributed by atoms with Gasteiger partial charge in [-0.1, -0.05) is 6.92 Å². The summed E-state index contributed by atoms with van der Waals surface area (Å²) in [5.41, 5.74) is -0.446. The second-order valence-electron chi connectivity index (χ2n) is 5.58. The summed E-state index contributed by atoms with van der Waals surface area (Å²) in [5.74, 6) is 0. The molecule has 18 heavy (non-hydrogen) atoms. The first-order valence-corrected chi connectivity index (χ1v) is 6.96. The molecule has 0 radical (unpaired) electrons. The molecule has 1 fully saturated rings. The molecule has 1 aliphatic rings. The van der Waals surface area contributed by atoms with E-state index in [2.05, 4.69) is 30.1 Å². The van der Waals surface area contributed by atoms with Crippen LogP contribution in [0.5, 0.6) is 0 Å². The number of hydrogen-bond donors (Lipinski definition) is 1. The molecule has 2 unspecified atom stereocenters. The Kier molecular flexibility index (Phi) is 6.07. The summed E-state index contributed by atoms with van der Waals surface area (Å²) in [6.45, 7) is 8.77. The van der Waals surface area contributed by atoms with Gasteiger partial charge in [-0.15, -0.1) is 0 Å². The molecule has 0 aromatic heterocycles. The van der Waals surface area contributed by atoms with Crippen molar-refractivity contribution in [2.24, 2.45) is 0 Å². The molecular formula is C14H27N3O. The fraction of sp³-hybridized carbons (Fsp3) is 0.929. The molecule has 1 saturated carbocycles. The highest BCUT2D eigenvalue weighted by Crippen LogP contribution is 2.23. The molecule has 0 bridgehead atoms. The molecule has 104 valence electrons. The van der Waals surface area contributed by atoms with Gasteiger partial charge in [0.25, 0.3) is 0 Å². The molecular weight excluding hydrogens is 226 g/mol. The van der Waals surface area contributed by atoms with Crippen molar-refractivity contribution in [2.75, 3.05) is 26.8 Å². The van der Waals surface area contributed by atoms with Crippen molar-refractivity contribution in [3.63, 3.8) is 0 Å². The van der Waals surface area contributed by atoms with Crippen LogP contribution in [0.2, 0.25) is 0 Å². The van der Waals surface area contributed by atoms with Crippen molar-refractivity contribution in [3.05, 3.63) is 0 Å². The van der Waals surface area contributed by atoms with E-state index in [9.17, 15) is 5.26 Å². The van der Waals surface area contributed by atoms with Crippen LogP contribution in [0.4, 0.5) is 0 Å². The van der Waals surface area contributed by atoms with E-state index in [1.54, 1.807) is 7.11 Å². The molecule has 4 heteroatoms. The number of hydrogen-bond acceptors (Lipinski definition) is 4. The lowest BCUT2D eigenvalue weighted by molar-refractivity contribution is 0.107. The SMILES string of the molecule is CCC(C)N(CCOC)CC(C)(C#N)NC1CC1. The molecule has 0 heterocycles. The van der Waals surface area contributed by atoms with E-state index >= 15 is 0 Å². The first-order chi connectivity index (χ1) is 8.54. The molecule has 1 aliphatic carbocycles. The normalized spacial score (nSPS) is 20.4. The lowest BCUT2D eigenvalue weighted by atomic mass is 10.0. The summed E-state index contributed by atoms with van der Waals surface area (Å²) in [4.78, 5) is 2.35. The minimum Gasteiger partial charge on any atom is -0.383 e. The first-order valence-electron chi connectivity index (χ1n) is 6.96. The highest BCUT2D eigenvalue weighted by atomic mass is 16.5. The van der Waals surface area contributed by atoms with E-state index in [0.29, 0.717) is 12.1 Å². The van der Waals surface area contributed by atoms with E-state index in [4.69, 9.17) is 4.74 Å². The van der Waals surface area contributed by atoms with Crippen molar-refractivity contribution < 1.29 is 4.74 Å². The number of ether oxygens (including phenoxy) is 1. The van der Waals surface area contributed by atoms with Crippen LogP contribution in [0.3, 0.4) is 0 Å². The second-order valence-corrected chi connectivity index (χ2v) is 5.58. The van der Waals surface area contributed by atoms with Crippen LogP contribution >= 0.6 is 0 Å². The van der Waals surface area contributed by atoms with E-state index in [1.807, 2.05) is 6.92 Å². The number of nitrogens with zero attached hydrogens (tertiary/aromatic N) is 2. The predicted octanol–water partition coefficient (Wildman–Crippen LogP) is 1.77. The fourth-order valence-electron chi connectivity index (χ4n) is 2.12. The molecule has 0 spiro atoms. The molecule has 0 saturated heterocycles. The topological polar surface area (TPSA) is 48.3 Å². The summed E-state index contributed by atoms with van der Waals surface area (Å²) in [6.07, 6.45) is 3.51. The molecule has 2 atom stereocenters. The van der Waals surface area contributed by atoms with Gasteiger partial charge >= 0.3 is 0 Å². The van der Waals surface area contributed by atoms with Gasteiger partial charge in [0.1, 0.15) is 5.54 Å². The Morgan fingerprint density at radius 3 is 2.67 bits per heavy atom. The van der Waals surface area contributed by atoms with Crippen molar-refractivity contribution >= 4 is 0 Å². The van der Waals surface area contributed by atoms with E-state index in [-0.39, 0.29) is 0 Å². The van der Waals surface area contributed by atoms with Crippen LogP contribution in [0.1, 0.15) is 40.0 Å². The Hall–Kier alpha value is -0.630. The van der Waals surface area contributed by atoms with Crippen LogP contribution in [-0.2, 0) is 4.74 Å². The smallest absolute Gasteiger partial charge is 0.116 e. The summed E-state index contributed by atoms with van der Waals surface area (Å²) < 4.78 is 5.16. The Morgan fingerprint density at radius 1 is 1.56 bits per heavy atom. The molecule has 1 N–H and O–H groups in total. The van der Waals surface area contributed by atoms with Gasteiger partial charge in [-0.05, 0) is 33.1 Å². The average molecular weight is 253 g/mol. The zero-order valence-corrected chi connectivity index (χ0v) is 12.2. The van der Waals surface area contributed by atoms with Crippen LogP contribution in [-0.4, -0.2) is 49.3 Å². The maximum Gasteiger partial charge on any atom is 0.116 e. The van der Waals surface area contributed by atoms with Gasteiger partial charge in [-0.2, -0.15) is 5.26 Å². The van der Waals surface area contributed by atoms with Gasteiger partial charge in [0.15, 0.2) is 0 Å². The highest BCUT2D eigenvalue weighted by molar-refractivity contribution is 5.09. The third-order valence-electron chi connectivity index (χ3n) is 3.66. The minimum absolute atomic E-state index is 0.446. The number of nitriles is 1. The second kappa shape index (κ2) is 7.08. The molecule has 0 amide bonds. The lowest BCUT2D eigenvalue weighted by Gasteiger charge is -2.35. The standard InChI is InChI=1S/C14H27N3O/c1-5-12(2)17(8-9-18-4)11-14(3,10-15)16-13-6-7-13/h12-13,16H,5-9,11H2,1-4H3. The van der Waals surface area contributed by atoms with Crippen LogP contribution in [0.15, 0.2) is 0 Å².